The molecule has 0 spiro atoms. The molecule has 0 unspecified atom stereocenters. The van der Waals surface area contributed by atoms with Gasteiger partial charge in [-0.1, -0.05) is 6.92 Å². The van der Waals surface area contributed by atoms with Gasteiger partial charge in [0.1, 0.15) is 0 Å². The smallest absolute Gasteiger partial charge is 0.331 e. The molecule has 0 saturated carbocycles. The van der Waals surface area contributed by atoms with Crippen molar-refractivity contribution in [2.45, 2.75) is 13.3 Å². The number of hydrogen-bond acceptors (Lipinski definition) is 2. The van der Waals surface area contributed by atoms with Crippen molar-refractivity contribution >= 4 is 11.9 Å². The van der Waals surface area contributed by atoms with Gasteiger partial charge in [-0.25, -0.2) is 9.59 Å². The van der Waals surface area contributed by atoms with Crippen LogP contribution in [0.1, 0.15) is 13.3 Å². The highest BCUT2D eigenvalue weighted by molar-refractivity contribution is 5.94. The summed E-state index contributed by atoms with van der Waals surface area (Å²) in [6.07, 6.45) is 0.921. The summed E-state index contributed by atoms with van der Waals surface area (Å²) in [6.45, 7) is 1.59. The van der Waals surface area contributed by atoms with Crippen LogP contribution in [0.2, 0.25) is 0 Å². The molecule has 0 amide bonds. The first kappa shape index (κ1) is 8.68. The van der Waals surface area contributed by atoms with E-state index in [1.165, 1.54) is 0 Å². The van der Waals surface area contributed by atoms with Crippen LogP contribution >= 0.6 is 0 Å². The van der Waals surface area contributed by atoms with Crippen molar-refractivity contribution in [1.82, 2.24) is 0 Å². The van der Waals surface area contributed by atoms with E-state index in [0.29, 0.717) is 6.08 Å². The highest BCUT2D eigenvalue weighted by Crippen LogP contribution is 1.98. The number of rotatable bonds is 3. The first-order valence-corrected chi connectivity index (χ1v) is 2.74. The molecule has 0 aromatic carbocycles. The lowest BCUT2D eigenvalue weighted by Gasteiger charge is -1.92. The van der Waals surface area contributed by atoms with Crippen LogP contribution in [0.4, 0.5) is 0 Å². The molecule has 2 N–H and O–H groups in total. The Hall–Kier alpha value is -1.32. The van der Waals surface area contributed by atoms with Crippen molar-refractivity contribution in [3.05, 3.63) is 11.6 Å². The summed E-state index contributed by atoms with van der Waals surface area (Å²) in [6, 6.07) is 0. The third-order valence-corrected chi connectivity index (χ3v) is 0.953. The average molecular weight is 144 g/mol. The molecule has 4 nitrogen and oxygen atoms in total. The zero-order valence-electron chi connectivity index (χ0n) is 5.50. The largest absolute Gasteiger partial charge is 0.478 e. The van der Waals surface area contributed by atoms with Crippen LogP contribution in [-0.2, 0) is 9.59 Å². The van der Waals surface area contributed by atoms with Gasteiger partial charge in [-0.05, 0) is 6.42 Å². The van der Waals surface area contributed by atoms with Gasteiger partial charge in [-0.2, -0.15) is 0 Å². The third-order valence-electron chi connectivity index (χ3n) is 0.953. The van der Waals surface area contributed by atoms with Crippen molar-refractivity contribution < 1.29 is 19.8 Å². The second kappa shape index (κ2) is 3.66. The summed E-state index contributed by atoms with van der Waals surface area (Å²) in [4.78, 5) is 20.1. The molecule has 0 heterocycles. The van der Waals surface area contributed by atoms with Crippen LogP contribution in [-0.4, -0.2) is 22.2 Å². The zero-order valence-corrected chi connectivity index (χ0v) is 5.50. The fourth-order valence-corrected chi connectivity index (χ4v) is 0.464. The minimum atomic E-state index is -1.22. The molecule has 0 aliphatic carbocycles. The Morgan fingerprint density at radius 3 is 2.00 bits per heavy atom. The predicted molar refractivity (Wildman–Crippen MR) is 33.6 cm³/mol. The van der Waals surface area contributed by atoms with E-state index in [1.807, 2.05) is 0 Å². The SMILES string of the molecule is CC/C(=C/C(=O)O)C(=O)O. The normalized spacial score (nSPS) is 11.1. The van der Waals surface area contributed by atoms with Crippen LogP contribution in [0.5, 0.6) is 0 Å². The minimum absolute atomic E-state index is 0.0903. The van der Waals surface area contributed by atoms with Gasteiger partial charge in [0.05, 0.1) is 0 Å². The molecule has 0 rings (SSSR count). The fraction of sp³-hybridized carbons (Fsp3) is 0.333. The predicted octanol–water partition coefficient (Wildman–Crippen LogP) is 0.492. The zero-order chi connectivity index (χ0) is 8.15. The number of hydrogen-bond donors (Lipinski definition) is 2. The lowest BCUT2D eigenvalue weighted by Crippen LogP contribution is -2.02. The molecule has 10 heavy (non-hydrogen) atoms. The topological polar surface area (TPSA) is 74.6 Å². The number of carbonyl (C=O) groups is 2. The maximum atomic E-state index is 10.1. The van der Waals surface area contributed by atoms with E-state index in [0.717, 1.165) is 0 Å². The van der Waals surface area contributed by atoms with E-state index in [2.05, 4.69) is 0 Å². The number of carboxylic acid groups (broad SMARTS) is 2. The summed E-state index contributed by atoms with van der Waals surface area (Å²) in [5.74, 6) is -2.40. The Morgan fingerprint density at radius 2 is 1.90 bits per heavy atom. The van der Waals surface area contributed by atoms with Gasteiger partial charge < -0.3 is 10.2 Å². The van der Waals surface area contributed by atoms with Gasteiger partial charge in [-0.15, -0.1) is 0 Å². The van der Waals surface area contributed by atoms with Gasteiger partial charge in [0.15, 0.2) is 0 Å². The Morgan fingerprint density at radius 1 is 1.40 bits per heavy atom. The van der Waals surface area contributed by atoms with E-state index in [4.69, 9.17) is 10.2 Å². The molecule has 4 heteroatoms. The first-order valence-electron chi connectivity index (χ1n) is 2.74. The van der Waals surface area contributed by atoms with Crippen molar-refractivity contribution in [3.63, 3.8) is 0 Å². The van der Waals surface area contributed by atoms with E-state index in [9.17, 15) is 9.59 Å². The van der Waals surface area contributed by atoms with Gasteiger partial charge in [-0.3, -0.25) is 0 Å². The standard InChI is InChI=1S/C6H8O4/c1-2-4(6(9)10)3-5(7)8/h3H,2H2,1H3,(H,7,8)(H,9,10)/b4-3-. The molecule has 0 aliphatic heterocycles. The Bertz CT molecular complexity index is 180. The molecule has 0 aromatic rings. The molecular formula is C6H8O4. The maximum absolute atomic E-state index is 10.1. The minimum Gasteiger partial charge on any atom is -0.478 e. The molecule has 0 radical (unpaired) electrons. The van der Waals surface area contributed by atoms with Crippen LogP contribution in [0.15, 0.2) is 11.6 Å². The van der Waals surface area contributed by atoms with Crippen molar-refractivity contribution in [3.8, 4) is 0 Å². The quantitative estimate of drug-likeness (QED) is 0.565. The van der Waals surface area contributed by atoms with Crippen molar-refractivity contribution in [1.29, 1.82) is 0 Å². The van der Waals surface area contributed by atoms with E-state index in [-0.39, 0.29) is 12.0 Å². The monoisotopic (exact) mass is 144 g/mol. The Balaban J connectivity index is 4.34. The molecule has 0 saturated heterocycles. The van der Waals surface area contributed by atoms with E-state index >= 15 is 0 Å². The molecule has 56 valence electrons. The molecule has 0 aromatic heterocycles. The van der Waals surface area contributed by atoms with E-state index in [1.54, 1.807) is 6.92 Å². The van der Waals surface area contributed by atoms with Crippen LogP contribution < -0.4 is 0 Å². The fourth-order valence-electron chi connectivity index (χ4n) is 0.464. The van der Waals surface area contributed by atoms with Crippen LogP contribution in [0, 0.1) is 0 Å². The highest BCUT2D eigenvalue weighted by atomic mass is 16.4. The third kappa shape index (κ3) is 2.86. The second-order valence-corrected chi connectivity index (χ2v) is 1.67. The lowest BCUT2D eigenvalue weighted by molar-refractivity contribution is -0.135. The number of aliphatic carboxylic acids is 2. The van der Waals surface area contributed by atoms with Gasteiger partial charge in [0.2, 0.25) is 0 Å². The first-order chi connectivity index (χ1) is 4.57. The van der Waals surface area contributed by atoms with Gasteiger partial charge in [0, 0.05) is 11.6 Å². The van der Waals surface area contributed by atoms with Crippen LogP contribution in [0.25, 0.3) is 0 Å². The summed E-state index contributed by atoms with van der Waals surface area (Å²) < 4.78 is 0. The summed E-state index contributed by atoms with van der Waals surface area (Å²) in [5, 5.41) is 16.4. The van der Waals surface area contributed by atoms with Gasteiger partial charge in [0.25, 0.3) is 0 Å². The average Bonchev–Trinajstić information content (AvgIpc) is 1.81. The molecule has 0 bridgehead atoms. The Labute approximate surface area is 57.8 Å². The summed E-state index contributed by atoms with van der Waals surface area (Å²) in [5.41, 5.74) is -0.0903. The van der Waals surface area contributed by atoms with E-state index < -0.39 is 11.9 Å². The van der Waals surface area contributed by atoms with Gasteiger partial charge >= 0.3 is 11.9 Å². The second-order valence-electron chi connectivity index (χ2n) is 1.67. The molecule has 0 fully saturated rings. The van der Waals surface area contributed by atoms with Crippen molar-refractivity contribution in [2.75, 3.05) is 0 Å². The summed E-state index contributed by atoms with van der Waals surface area (Å²) in [7, 11) is 0. The molecular weight excluding hydrogens is 136 g/mol. The van der Waals surface area contributed by atoms with Crippen molar-refractivity contribution in [2.24, 2.45) is 0 Å². The number of carboxylic acids is 2. The summed E-state index contributed by atoms with van der Waals surface area (Å²) >= 11 is 0. The van der Waals surface area contributed by atoms with Crippen LogP contribution in [0.3, 0.4) is 0 Å². The molecule has 0 aliphatic rings. The molecule has 0 atom stereocenters. The maximum Gasteiger partial charge on any atom is 0.331 e. The lowest BCUT2D eigenvalue weighted by atomic mass is 10.2. The Kier molecular flexibility index (Phi) is 3.17. The highest BCUT2D eigenvalue weighted by Gasteiger charge is 2.05.